The molecule has 0 aromatic heterocycles. The Morgan fingerprint density at radius 2 is 2.18 bits per heavy atom. The van der Waals surface area contributed by atoms with E-state index in [0.717, 1.165) is 0 Å². The van der Waals surface area contributed by atoms with E-state index in [1.165, 1.54) is 16.4 Å². The normalized spacial score (nSPS) is 26.0. The molecule has 0 unspecified atom stereocenters. The largest absolute Gasteiger partial charge is 0.482 e. The zero-order chi connectivity index (χ0) is 15.9. The summed E-state index contributed by atoms with van der Waals surface area (Å²) in [6.07, 6.45) is -0.0479. The molecule has 2 aliphatic rings. The van der Waals surface area contributed by atoms with Crippen LogP contribution in [0.3, 0.4) is 0 Å². The van der Waals surface area contributed by atoms with E-state index in [9.17, 15) is 18.3 Å². The van der Waals surface area contributed by atoms with Gasteiger partial charge in [-0.25, -0.2) is 8.42 Å². The molecule has 2 atom stereocenters. The van der Waals surface area contributed by atoms with Crippen LogP contribution in [0, 0.1) is 5.92 Å². The molecule has 120 valence electrons. The second kappa shape index (κ2) is 5.53. The second-order valence-electron chi connectivity index (χ2n) is 5.69. The van der Waals surface area contributed by atoms with E-state index >= 15 is 0 Å². The number of fused-ring (bicyclic) bond motifs is 1. The maximum absolute atomic E-state index is 12.7. The number of nitrogens with one attached hydrogen (secondary N) is 1. The first kappa shape index (κ1) is 15.3. The predicted octanol–water partition coefficient (Wildman–Crippen LogP) is 0.409. The van der Waals surface area contributed by atoms with Crippen LogP contribution in [0.4, 0.5) is 5.69 Å². The monoisotopic (exact) mass is 326 g/mol. The Hall–Kier alpha value is -1.64. The fourth-order valence-corrected chi connectivity index (χ4v) is 4.27. The lowest BCUT2D eigenvalue weighted by atomic mass is 9.99. The molecule has 0 bridgehead atoms. The van der Waals surface area contributed by atoms with E-state index in [1.807, 2.05) is 6.92 Å². The first-order valence-corrected chi connectivity index (χ1v) is 8.57. The second-order valence-corrected chi connectivity index (χ2v) is 7.63. The van der Waals surface area contributed by atoms with Crippen molar-refractivity contribution < 1.29 is 23.1 Å². The molecule has 0 aliphatic carbocycles. The van der Waals surface area contributed by atoms with Crippen LogP contribution in [0.25, 0.3) is 0 Å². The Labute approximate surface area is 128 Å². The number of carbonyl (C=O) groups is 1. The van der Waals surface area contributed by atoms with Crippen molar-refractivity contribution in [1.29, 1.82) is 0 Å². The molecule has 1 aromatic rings. The number of hydrogen-bond donors (Lipinski definition) is 2. The van der Waals surface area contributed by atoms with Gasteiger partial charge >= 0.3 is 0 Å². The Bertz CT molecular complexity index is 703. The summed E-state index contributed by atoms with van der Waals surface area (Å²) in [5, 5.41) is 12.3. The number of rotatable bonds is 2. The van der Waals surface area contributed by atoms with Crippen LogP contribution in [0.5, 0.6) is 5.75 Å². The molecule has 0 spiro atoms. The van der Waals surface area contributed by atoms with E-state index in [4.69, 9.17) is 4.74 Å². The molecular weight excluding hydrogens is 308 g/mol. The SMILES string of the molecule is C[C@H]1CN(S(=O)(=O)c2ccc3c(c2)NC(=O)CO3)CC[C@@H]1O. The van der Waals surface area contributed by atoms with Crippen molar-refractivity contribution in [2.75, 3.05) is 25.0 Å². The van der Waals surface area contributed by atoms with Crippen molar-refractivity contribution >= 4 is 21.6 Å². The zero-order valence-corrected chi connectivity index (χ0v) is 13.0. The van der Waals surface area contributed by atoms with Crippen molar-refractivity contribution in [3.8, 4) is 5.75 Å². The summed E-state index contributed by atoms with van der Waals surface area (Å²) in [5.74, 6) is 0.0435. The maximum Gasteiger partial charge on any atom is 0.262 e. The molecule has 2 aliphatic heterocycles. The van der Waals surface area contributed by atoms with Crippen LogP contribution in [-0.4, -0.2) is 49.5 Å². The molecule has 1 aromatic carbocycles. The van der Waals surface area contributed by atoms with Crippen molar-refractivity contribution in [3.05, 3.63) is 18.2 Å². The summed E-state index contributed by atoms with van der Waals surface area (Å²) in [6, 6.07) is 4.43. The molecule has 8 heteroatoms. The van der Waals surface area contributed by atoms with Crippen LogP contribution in [0.2, 0.25) is 0 Å². The number of aliphatic hydroxyl groups is 1. The molecule has 1 fully saturated rings. The average Bonchev–Trinajstić information content (AvgIpc) is 2.49. The highest BCUT2D eigenvalue weighted by molar-refractivity contribution is 7.89. The Kier molecular flexibility index (Phi) is 3.84. The van der Waals surface area contributed by atoms with Gasteiger partial charge in [-0.3, -0.25) is 4.79 Å². The fraction of sp³-hybridized carbons (Fsp3) is 0.500. The van der Waals surface area contributed by atoms with Crippen LogP contribution in [0.15, 0.2) is 23.1 Å². The summed E-state index contributed by atoms with van der Waals surface area (Å²) >= 11 is 0. The minimum atomic E-state index is -3.65. The third-order valence-corrected chi connectivity index (χ3v) is 5.91. The van der Waals surface area contributed by atoms with E-state index in [2.05, 4.69) is 5.32 Å². The number of amides is 1. The Morgan fingerprint density at radius 1 is 1.41 bits per heavy atom. The lowest BCUT2D eigenvalue weighted by molar-refractivity contribution is -0.118. The lowest BCUT2D eigenvalue weighted by Gasteiger charge is -2.33. The van der Waals surface area contributed by atoms with Gasteiger partial charge in [-0.15, -0.1) is 0 Å². The van der Waals surface area contributed by atoms with Crippen molar-refractivity contribution in [3.63, 3.8) is 0 Å². The van der Waals surface area contributed by atoms with Crippen LogP contribution in [0.1, 0.15) is 13.3 Å². The van der Waals surface area contributed by atoms with E-state index in [-0.39, 0.29) is 36.4 Å². The van der Waals surface area contributed by atoms with Gasteiger partial charge in [0.1, 0.15) is 5.75 Å². The summed E-state index contributed by atoms with van der Waals surface area (Å²) < 4.78 is 32.0. The van der Waals surface area contributed by atoms with Crippen molar-refractivity contribution in [1.82, 2.24) is 4.31 Å². The Morgan fingerprint density at radius 3 is 2.91 bits per heavy atom. The smallest absolute Gasteiger partial charge is 0.262 e. The van der Waals surface area contributed by atoms with Crippen LogP contribution >= 0.6 is 0 Å². The number of benzene rings is 1. The summed E-state index contributed by atoms with van der Waals surface area (Å²) in [7, 11) is -3.65. The highest BCUT2D eigenvalue weighted by atomic mass is 32.2. The van der Waals surface area contributed by atoms with Gasteiger partial charge in [-0.05, 0) is 30.5 Å². The number of piperidine rings is 1. The number of aliphatic hydroxyl groups excluding tert-OH is 1. The van der Waals surface area contributed by atoms with Gasteiger partial charge < -0.3 is 15.2 Å². The number of ether oxygens (including phenoxy) is 1. The maximum atomic E-state index is 12.7. The van der Waals surface area contributed by atoms with Crippen LogP contribution < -0.4 is 10.1 Å². The number of carbonyl (C=O) groups excluding carboxylic acids is 1. The number of sulfonamides is 1. The van der Waals surface area contributed by atoms with Gasteiger partial charge in [0.25, 0.3) is 5.91 Å². The number of hydrogen-bond acceptors (Lipinski definition) is 5. The van der Waals surface area contributed by atoms with E-state index < -0.39 is 16.1 Å². The Balaban J connectivity index is 1.89. The molecule has 1 saturated heterocycles. The van der Waals surface area contributed by atoms with Crippen molar-refractivity contribution in [2.45, 2.75) is 24.3 Å². The third kappa shape index (κ3) is 2.69. The van der Waals surface area contributed by atoms with Crippen molar-refractivity contribution in [2.24, 2.45) is 5.92 Å². The number of anilines is 1. The molecule has 1 amide bonds. The van der Waals surface area contributed by atoms with Gasteiger partial charge in [0.05, 0.1) is 16.7 Å². The molecule has 0 saturated carbocycles. The highest BCUT2D eigenvalue weighted by Gasteiger charge is 2.33. The fourth-order valence-electron chi connectivity index (χ4n) is 2.69. The summed E-state index contributed by atoms with van der Waals surface area (Å²) in [5.41, 5.74) is 0.363. The average molecular weight is 326 g/mol. The van der Waals surface area contributed by atoms with E-state index in [1.54, 1.807) is 6.07 Å². The molecule has 7 nitrogen and oxygen atoms in total. The highest BCUT2D eigenvalue weighted by Crippen LogP contribution is 2.32. The quantitative estimate of drug-likeness (QED) is 0.820. The van der Waals surface area contributed by atoms with Gasteiger partial charge in [-0.1, -0.05) is 6.92 Å². The molecule has 22 heavy (non-hydrogen) atoms. The standard InChI is InChI=1S/C14H18N2O5S/c1-9-7-16(5-4-12(9)17)22(19,20)10-2-3-13-11(6-10)15-14(18)8-21-13/h2-3,6,9,12,17H,4-5,7-8H2,1H3,(H,15,18)/t9-,12-/m0/s1. The van der Waals surface area contributed by atoms with Crippen LogP contribution in [-0.2, 0) is 14.8 Å². The first-order valence-electron chi connectivity index (χ1n) is 7.13. The van der Waals surface area contributed by atoms with Gasteiger partial charge in [0, 0.05) is 13.1 Å². The third-order valence-electron chi connectivity index (χ3n) is 4.04. The summed E-state index contributed by atoms with van der Waals surface area (Å²) in [4.78, 5) is 11.5. The van der Waals surface area contributed by atoms with Gasteiger partial charge in [0.15, 0.2) is 6.61 Å². The molecular formula is C14H18N2O5S. The molecule has 2 heterocycles. The molecule has 3 rings (SSSR count). The molecule has 2 N–H and O–H groups in total. The van der Waals surface area contributed by atoms with E-state index in [0.29, 0.717) is 17.9 Å². The minimum absolute atomic E-state index is 0.0688. The topological polar surface area (TPSA) is 95.9 Å². The minimum Gasteiger partial charge on any atom is -0.482 e. The number of nitrogens with zero attached hydrogens (tertiary/aromatic N) is 1. The lowest BCUT2D eigenvalue weighted by Crippen LogP contribution is -2.44. The summed E-state index contributed by atoms with van der Waals surface area (Å²) in [6.45, 7) is 2.32. The van der Waals surface area contributed by atoms with Gasteiger partial charge in [-0.2, -0.15) is 4.31 Å². The zero-order valence-electron chi connectivity index (χ0n) is 12.2. The van der Waals surface area contributed by atoms with Gasteiger partial charge in [0.2, 0.25) is 10.0 Å². The predicted molar refractivity (Wildman–Crippen MR) is 79.1 cm³/mol. The first-order chi connectivity index (χ1) is 10.4. The molecule has 0 radical (unpaired) electrons.